The molecule has 6 nitrogen and oxygen atoms in total. The fraction of sp³-hybridized carbons (Fsp3) is 0.355. The number of piperidine rings is 1. The van der Waals surface area contributed by atoms with Crippen LogP contribution in [0.1, 0.15) is 35.4 Å². The summed E-state index contributed by atoms with van der Waals surface area (Å²) in [7, 11) is 1.69. The van der Waals surface area contributed by atoms with E-state index in [1.165, 1.54) is 22.0 Å². The SMILES string of the molecule is COc1ccccc1COCCCOc1ccc([C@H]2CCNCC2NCc2ccc3[nH]ccc3c2)cc1. The van der Waals surface area contributed by atoms with E-state index in [9.17, 15) is 0 Å². The van der Waals surface area contributed by atoms with E-state index in [4.69, 9.17) is 14.2 Å². The summed E-state index contributed by atoms with van der Waals surface area (Å²) in [5.74, 6) is 2.25. The number of ether oxygens (including phenoxy) is 3. The molecule has 0 bridgehead atoms. The molecule has 194 valence electrons. The van der Waals surface area contributed by atoms with Crippen LogP contribution in [0.15, 0.2) is 79.0 Å². The summed E-state index contributed by atoms with van der Waals surface area (Å²) in [4.78, 5) is 3.27. The number of aromatic nitrogens is 1. The minimum absolute atomic E-state index is 0.392. The van der Waals surface area contributed by atoms with Gasteiger partial charge in [0, 0.05) is 48.7 Å². The Hall–Kier alpha value is -3.32. The molecule has 3 aromatic carbocycles. The van der Waals surface area contributed by atoms with Crippen LogP contribution in [0.2, 0.25) is 0 Å². The van der Waals surface area contributed by atoms with Crippen LogP contribution >= 0.6 is 0 Å². The smallest absolute Gasteiger partial charge is 0.124 e. The second kappa shape index (κ2) is 12.8. The largest absolute Gasteiger partial charge is 0.496 e. The van der Waals surface area contributed by atoms with Gasteiger partial charge in [-0.15, -0.1) is 0 Å². The van der Waals surface area contributed by atoms with Crippen LogP contribution in [0.5, 0.6) is 11.5 Å². The molecular formula is C31H37N3O3. The first-order chi connectivity index (χ1) is 18.3. The Morgan fingerprint density at radius 2 is 1.86 bits per heavy atom. The number of methoxy groups -OCH3 is 1. The van der Waals surface area contributed by atoms with E-state index in [1.807, 2.05) is 30.5 Å². The van der Waals surface area contributed by atoms with E-state index in [0.717, 1.165) is 49.5 Å². The van der Waals surface area contributed by atoms with Crippen molar-refractivity contribution in [2.45, 2.75) is 38.0 Å². The minimum Gasteiger partial charge on any atom is -0.496 e. The number of hydrogen-bond acceptors (Lipinski definition) is 5. The van der Waals surface area contributed by atoms with Crippen molar-refractivity contribution in [1.29, 1.82) is 0 Å². The van der Waals surface area contributed by atoms with Gasteiger partial charge in [-0.05, 0) is 65.9 Å². The van der Waals surface area contributed by atoms with Crippen molar-refractivity contribution in [3.8, 4) is 11.5 Å². The summed E-state index contributed by atoms with van der Waals surface area (Å²) >= 11 is 0. The topological polar surface area (TPSA) is 67.5 Å². The quantitative estimate of drug-likeness (QED) is 0.228. The fourth-order valence-electron chi connectivity index (χ4n) is 5.10. The predicted molar refractivity (Wildman–Crippen MR) is 148 cm³/mol. The highest BCUT2D eigenvalue weighted by atomic mass is 16.5. The van der Waals surface area contributed by atoms with E-state index in [0.29, 0.717) is 31.8 Å². The van der Waals surface area contributed by atoms with Crippen molar-refractivity contribution in [2.24, 2.45) is 0 Å². The molecule has 4 aromatic rings. The van der Waals surface area contributed by atoms with Crippen molar-refractivity contribution in [3.63, 3.8) is 0 Å². The number of rotatable bonds is 12. The zero-order chi connectivity index (χ0) is 25.3. The molecule has 1 aromatic heterocycles. The van der Waals surface area contributed by atoms with Crippen LogP contribution < -0.4 is 20.1 Å². The van der Waals surface area contributed by atoms with Gasteiger partial charge in [0.25, 0.3) is 0 Å². The van der Waals surface area contributed by atoms with E-state index < -0.39 is 0 Å². The summed E-state index contributed by atoms with van der Waals surface area (Å²) in [6, 6.07) is 25.8. The van der Waals surface area contributed by atoms with E-state index in [1.54, 1.807) is 7.11 Å². The van der Waals surface area contributed by atoms with Gasteiger partial charge in [0.1, 0.15) is 11.5 Å². The third-order valence-electron chi connectivity index (χ3n) is 7.13. The summed E-state index contributed by atoms with van der Waals surface area (Å²) in [6.45, 7) is 4.72. The molecule has 6 heteroatoms. The Kier molecular flexibility index (Phi) is 8.74. The zero-order valence-corrected chi connectivity index (χ0v) is 21.5. The van der Waals surface area contributed by atoms with Gasteiger partial charge >= 0.3 is 0 Å². The molecule has 1 unspecified atom stereocenters. The molecule has 0 amide bonds. The second-order valence-corrected chi connectivity index (χ2v) is 9.62. The van der Waals surface area contributed by atoms with Crippen LogP contribution in [-0.2, 0) is 17.9 Å². The molecule has 3 N–H and O–H groups in total. The standard InChI is InChI=1S/C31H37N3O3/c1-35-31-6-3-2-5-26(31)22-36-17-4-18-37-27-10-8-24(9-11-27)28-14-15-32-21-30(28)34-20-23-7-12-29-25(19-23)13-16-33-29/h2-3,5-13,16,19,28,30,32-34H,4,14-15,17-18,20-22H2,1H3/t28-,30?/m1/s1. The average molecular weight is 500 g/mol. The molecule has 1 aliphatic rings. The maximum absolute atomic E-state index is 5.97. The van der Waals surface area contributed by atoms with E-state index >= 15 is 0 Å². The van der Waals surface area contributed by atoms with Crippen molar-refractivity contribution >= 4 is 10.9 Å². The lowest BCUT2D eigenvalue weighted by Gasteiger charge is -2.33. The fourth-order valence-corrected chi connectivity index (χ4v) is 5.10. The Morgan fingerprint density at radius 1 is 0.973 bits per heavy atom. The highest BCUT2D eigenvalue weighted by Crippen LogP contribution is 2.28. The zero-order valence-electron chi connectivity index (χ0n) is 21.5. The number of fused-ring (bicyclic) bond motifs is 1. The Labute approximate surface area is 219 Å². The summed E-state index contributed by atoms with van der Waals surface area (Å²) < 4.78 is 17.2. The number of aromatic amines is 1. The lowest BCUT2D eigenvalue weighted by Crippen LogP contribution is -2.47. The summed E-state index contributed by atoms with van der Waals surface area (Å²) in [6.07, 6.45) is 3.96. The number of H-pyrrole nitrogens is 1. The third kappa shape index (κ3) is 6.72. The van der Waals surface area contributed by atoms with Crippen LogP contribution in [0.25, 0.3) is 10.9 Å². The summed E-state index contributed by atoms with van der Waals surface area (Å²) in [5.41, 5.74) is 4.93. The maximum atomic E-state index is 5.97. The first-order valence-corrected chi connectivity index (χ1v) is 13.2. The van der Waals surface area contributed by atoms with E-state index in [-0.39, 0.29) is 0 Å². The number of para-hydroxylation sites is 1. The first kappa shape index (κ1) is 25.3. The van der Waals surface area contributed by atoms with Gasteiger partial charge < -0.3 is 29.8 Å². The molecule has 2 heterocycles. The molecular weight excluding hydrogens is 462 g/mol. The first-order valence-electron chi connectivity index (χ1n) is 13.2. The molecule has 37 heavy (non-hydrogen) atoms. The van der Waals surface area contributed by atoms with Crippen molar-refractivity contribution < 1.29 is 14.2 Å². The van der Waals surface area contributed by atoms with E-state index in [2.05, 4.69) is 64.1 Å². The third-order valence-corrected chi connectivity index (χ3v) is 7.13. The van der Waals surface area contributed by atoms with Crippen LogP contribution in [0, 0.1) is 0 Å². The molecule has 1 saturated heterocycles. The number of nitrogens with one attached hydrogen (secondary N) is 3. The highest BCUT2D eigenvalue weighted by molar-refractivity contribution is 5.79. The minimum atomic E-state index is 0.392. The van der Waals surface area contributed by atoms with Gasteiger partial charge in [0.15, 0.2) is 0 Å². The van der Waals surface area contributed by atoms with Gasteiger partial charge in [-0.3, -0.25) is 0 Å². The van der Waals surface area contributed by atoms with Crippen molar-refractivity contribution in [2.75, 3.05) is 33.4 Å². The molecule has 5 rings (SSSR count). The average Bonchev–Trinajstić information content (AvgIpc) is 3.42. The lowest BCUT2D eigenvalue weighted by molar-refractivity contribution is 0.105. The highest BCUT2D eigenvalue weighted by Gasteiger charge is 2.26. The van der Waals surface area contributed by atoms with Crippen LogP contribution in [0.4, 0.5) is 0 Å². The molecule has 0 aliphatic carbocycles. The van der Waals surface area contributed by atoms with Gasteiger partial charge in [-0.1, -0.05) is 36.4 Å². The second-order valence-electron chi connectivity index (χ2n) is 9.62. The van der Waals surface area contributed by atoms with Gasteiger partial charge in [0.2, 0.25) is 0 Å². The van der Waals surface area contributed by atoms with Gasteiger partial charge in [-0.25, -0.2) is 0 Å². The number of hydrogen-bond donors (Lipinski definition) is 3. The summed E-state index contributed by atoms with van der Waals surface area (Å²) in [5, 5.41) is 8.62. The van der Waals surface area contributed by atoms with Gasteiger partial charge in [0.05, 0.1) is 26.9 Å². The Morgan fingerprint density at radius 3 is 2.76 bits per heavy atom. The molecule has 0 spiro atoms. The molecule has 1 aliphatic heterocycles. The molecule has 2 atom stereocenters. The van der Waals surface area contributed by atoms with Crippen molar-refractivity contribution in [1.82, 2.24) is 15.6 Å². The molecule has 1 fully saturated rings. The normalized spacial score (nSPS) is 17.6. The molecule has 0 radical (unpaired) electrons. The van der Waals surface area contributed by atoms with Crippen LogP contribution in [-0.4, -0.2) is 44.4 Å². The van der Waals surface area contributed by atoms with Crippen molar-refractivity contribution in [3.05, 3.63) is 95.7 Å². The molecule has 0 saturated carbocycles. The Bertz CT molecular complexity index is 1250. The lowest BCUT2D eigenvalue weighted by atomic mass is 9.86. The Balaban J connectivity index is 1.07. The maximum Gasteiger partial charge on any atom is 0.124 e. The monoisotopic (exact) mass is 499 g/mol. The van der Waals surface area contributed by atoms with Gasteiger partial charge in [-0.2, -0.15) is 0 Å². The van der Waals surface area contributed by atoms with Crippen LogP contribution in [0.3, 0.4) is 0 Å². The predicted octanol–water partition coefficient (Wildman–Crippen LogP) is 5.40. The number of benzene rings is 3.